The van der Waals surface area contributed by atoms with Crippen molar-refractivity contribution in [3.8, 4) is 0 Å². The highest BCUT2D eigenvalue weighted by Crippen LogP contribution is 2.19. The van der Waals surface area contributed by atoms with Gasteiger partial charge in [-0.25, -0.2) is 9.37 Å². The fraction of sp³-hybridized carbons (Fsp3) is 0.300. The maximum atomic E-state index is 13.7. The largest absolute Gasteiger partial charge is 0.379 e. The molecule has 0 bridgehead atoms. The number of rotatable bonds is 5. The fourth-order valence-corrected chi connectivity index (χ4v) is 3.25. The third-order valence-electron chi connectivity index (χ3n) is 4.77. The summed E-state index contributed by atoms with van der Waals surface area (Å²) in [5, 5.41) is 2.81. The van der Waals surface area contributed by atoms with Gasteiger partial charge >= 0.3 is 0 Å². The zero-order chi connectivity index (χ0) is 18.6. The number of amides is 1. The van der Waals surface area contributed by atoms with Crippen molar-refractivity contribution in [2.24, 2.45) is 0 Å². The SMILES string of the molecule is O=C(Nc1ccc(CCN2CCOCC2)cc1)c1cc(F)cc2[nH]cnc12. The van der Waals surface area contributed by atoms with Gasteiger partial charge in [-0.2, -0.15) is 0 Å². The van der Waals surface area contributed by atoms with Crippen molar-refractivity contribution in [3.05, 3.63) is 59.7 Å². The van der Waals surface area contributed by atoms with Gasteiger partial charge in [-0.15, -0.1) is 0 Å². The number of hydrogen-bond donors (Lipinski definition) is 2. The summed E-state index contributed by atoms with van der Waals surface area (Å²) in [4.78, 5) is 21.9. The summed E-state index contributed by atoms with van der Waals surface area (Å²) in [6.07, 6.45) is 2.40. The van der Waals surface area contributed by atoms with E-state index in [1.54, 1.807) is 0 Å². The Hall–Kier alpha value is -2.77. The summed E-state index contributed by atoms with van der Waals surface area (Å²) in [5.41, 5.74) is 3.04. The number of nitrogens with one attached hydrogen (secondary N) is 2. The van der Waals surface area contributed by atoms with Crippen molar-refractivity contribution >= 4 is 22.6 Å². The quantitative estimate of drug-likeness (QED) is 0.727. The second kappa shape index (κ2) is 7.85. The number of carbonyl (C=O) groups excluding carboxylic acids is 1. The van der Waals surface area contributed by atoms with Gasteiger partial charge in [0.15, 0.2) is 0 Å². The number of nitrogens with zero attached hydrogens (tertiary/aromatic N) is 2. The van der Waals surface area contributed by atoms with Gasteiger partial charge in [-0.05, 0) is 36.2 Å². The average molecular weight is 368 g/mol. The minimum Gasteiger partial charge on any atom is -0.379 e. The first-order valence-corrected chi connectivity index (χ1v) is 9.02. The van der Waals surface area contributed by atoms with Crippen LogP contribution in [0.5, 0.6) is 0 Å². The summed E-state index contributed by atoms with van der Waals surface area (Å²) in [7, 11) is 0. The Morgan fingerprint density at radius 2 is 2.00 bits per heavy atom. The molecule has 2 aromatic carbocycles. The van der Waals surface area contributed by atoms with E-state index in [4.69, 9.17) is 4.74 Å². The minimum absolute atomic E-state index is 0.211. The molecule has 1 aromatic heterocycles. The molecule has 1 amide bonds. The van der Waals surface area contributed by atoms with Crippen LogP contribution in [-0.4, -0.2) is 53.6 Å². The number of morpholine rings is 1. The Kier molecular flexibility index (Phi) is 5.13. The third kappa shape index (κ3) is 4.15. The Morgan fingerprint density at radius 1 is 1.22 bits per heavy atom. The van der Waals surface area contributed by atoms with Crippen molar-refractivity contribution in [2.75, 3.05) is 38.2 Å². The highest BCUT2D eigenvalue weighted by Gasteiger charge is 2.15. The standard InChI is InChI=1S/C20H21FN4O2/c21-15-11-17(19-18(12-15)22-13-23-19)20(26)24-16-3-1-14(2-4-16)5-6-25-7-9-27-10-8-25/h1-4,11-13H,5-10H2,(H,22,23)(H,24,26). The van der Waals surface area contributed by atoms with Gasteiger partial charge in [0.05, 0.1) is 30.6 Å². The Morgan fingerprint density at radius 3 is 2.78 bits per heavy atom. The molecule has 27 heavy (non-hydrogen) atoms. The monoisotopic (exact) mass is 368 g/mol. The smallest absolute Gasteiger partial charge is 0.258 e. The summed E-state index contributed by atoms with van der Waals surface area (Å²) >= 11 is 0. The number of H-pyrrole nitrogens is 1. The zero-order valence-corrected chi connectivity index (χ0v) is 14.9. The molecule has 0 radical (unpaired) electrons. The zero-order valence-electron chi connectivity index (χ0n) is 14.9. The molecule has 0 unspecified atom stereocenters. The highest BCUT2D eigenvalue weighted by atomic mass is 19.1. The normalized spacial score (nSPS) is 15.1. The van der Waals surface area contributed by atoms with E-state index in [9.17, 15) is 9.18 Å². The Bertz CT molecular complexity index is 933. The molecule has 1 saturated heterocycles. The van der Waals surface area contributed by atoms with E-state index in [1.165, 1.54) is 24.0 Å². The average Bonchev–Trinajstić information content (AvgIpc) is 3.16. The number of fused-ring (bicyclic) bond motifs is 1. The maximum absolute atomic E-state index is 13.7. The lowest BCUT2D eigenvalue weighted by Crippen LogP contribution is -2.37. The van der Waals surface area contributed by atoms with Crippen molar-refractivity contribution < 1.29 is 13.9 Å². The van der Waals surface area contributed by atoms with Gasteiger partial charge in [-0.1, -0.05) is 12.1 Å². The number of anilines is 1. The predicted molar refractivity (Wildman–Crippen MR) is 101 cm³/mol. The van der Waals surface area contributed by atoms with Crippen LogP contribution in [0.15, 0.2) is 42.7 Å². The van der Waals surface area contributed by atoms with Crippen molar-refractivity contribution in [3.63, 3.8) is 0 Å². The van der Waals surface area contributed by atoms with Crippen molar-refractivity contribution in [1.82, 2.24) is 14.9 Å². The highest BCUT2D eigenvalue weighted by molar-refractivity contribution is 6.11. The van der Waals surface area contributed by atoms with Crippen LogP contribution in [0, 0.1) is 5.82 Å². The van der Waals surface area contributed by atoms with Gasteiger partial charge in [0, 0.05) is 25.3 Å². The molecule has 4 rings (SSSR count). The van der Waals surface area contributed by atoms with Gasteiger partial charge < -0.3 is 15.0 Å². The second-order valence-electron chi connectivity index (χ2n) is 6.61. The lowest BCUT2D eigenvalue weighted by Gasteiger charge is -2.26. The van der Waals surface area contributed by atoms with Gasteiger partial charge in [0.1, 0.15) is 11.3 Å². The summed E-state index contributed by atoms with van der Waals surface area (Å²) in [6.45, 7) is 4.55. The number of carbonyl (C=O) groups is 1. The topological polar surface area (TPSA) is 70.2 Å². The molecule has 3 aromatic rings. The molecule has 2 heterocycles. The predicted octanol–water partition coefficient (Wildman–Crippen LogP) is 2.83. The van der Waals surface area contributed by atoms with E-state index in [1.807, 2.05) is 24.3 Å². The number of halogens is 1. The van der Waals surface area contributed by atoms with Gasteiger partial charge in [-0.3, -0.25) is 9.69 Å². The third-order valence-corrected chi connectivity index (χ3v) is 4.77. The molecule has 0 saturated carbocycles. The molecule has 0 spiro atoms. The summed E-state index contributed by atoms with van der Waals surface area (Å²) < 4.78 is 19.1. The Balaban J connectivity index is 1.40. The van der Waals surface area contributed by atoms with Crippen molar-refractivity contribution in [1.29, 1.82) is 0 Å². The number of ether oxygens (including phenoxy) is 1. The van der Waals surface area contributed by atoms with Crippen LogP contribution in [-0.2, 0) is 11.2 Å². The summed E-state index contributed by atoms with van der Waals surface area (Å²) in [6, 6.07) is 10.3. The van der Waals surface area contributed by atoms with Gasteiger partial charge in [0.2, 0.25) is 0 Å². The number of aromatic amines is 1. The summed E-state index contributed by atoms with van der Waals surface area (Å²) in [5.74, 6) is -0.858. The van der Waals surface area contributed by atoms with E-state index in [0.29, 0.717) is 16.7 Å². The van der Waals surface area contributed by atoms with E-state index in [2.05, 4.69) is 20.2 Å². The van der Waals surface area contributed by atoms with Crippen LogP contribution < -0.4 is 5.32 Å². The van der Waals surface area contributed by atoms with Crippen LogP contribution in [0.4, 0.5) is 10.1 Å². The second-order valence-corrected chi connectivity index (χ2v) is 6.61. The number of hydrogen-bond acceptors (Lipinski definition) is 4. The molecule has 140 valence electrons. The Labute approximate surface area is 156 Å². The van der Waals surface area contributed by atoms with Gasteiger partial charge in [0.25, 0.3) is 5.91 Å². The fourth-order valence-electron chi connectivity index (χ4n) is 3.25. The molecule has 1 aliphatic heterocycles. The first-order chi connectivity index (χ1) is 13.2. The van der Waals surface area contributed by atoms with Crippen LogP contribution in [0.25, 0.3) is 11.0 Å². The van der Waals surface area contributed by atoms with E-state index in [0.717, 1.165) is 39.3 Å². The van der Waals surface area contributed by atoms with Crippen LogP contribution >= 0.6 is 0 Å². The molecule has 6 nitrogen and oxygen atoms in total. The lowest BCUT2D eigenvalue weighted by atomic mass is 10.1. The number of benzene rings is 2. The number of imidazole rings is 1. The van der Waals surface area contributed by atoms with Crippen LogP contribution in [0.3, 0.4) is 0 Å². The molecular weight excluding hydrogens is 347 g/mol. The maximum Gasteiger partial charge on any atom is 0.258 e. The molecular formula is C20H21FN4O2. The first-order valence-electron chi connectivity index (χ1n) is 9.02. The minimum atomic E-state index is -0.477. The molecule has 1 aliphatic rings. The lowest BCUT2D eigenvalue weighted by molar-refractivity contribution is 0.0384. The number of aromatic nitrogens is 2. The molecule has 7 heteroatoms. The van der Waals surface area contributed by atoms with E-state index >= 15 is 0 Å². The first kappa shape index (κ1) is 17.6. The molecule has 0 atom stereocenters. The van der Waals surface area contributed by atoms with Crippen LogP contribution in [0.1, 0.15) is 15.9 Å². The van der Waals surface area contributed by atoms with Crippen LogP contribution in [0.2, 0.25) is 0 Å². The molecule has 0 aliphatic carbocycles. The van der Waals surface area contributed by atoms with Crippen molar-refractivity contribution in [2.45, 2.75) is 6.42 Å². The molecule has 1 fully saturated rings. The van der Waals surface area contributed by atoms with E-state index in [-0.39, 0.29) is 11.5 Å². The van der Waals surface area contributed by atoms with E-state index < -0.39 is 5.82 Å². The molecule has 2 N–H and O–H groups in total.